The number of Topliss-reactive ketones (excluding diaryl/α,β-unsaturated/α-hetero) is 2. The second-order valence-corrected chi connectivity index (χ2v) is 14.5. The van der Waals surface area contributed by atoms with Gasteiger partial charge in [0.2, 0.25) is 5.78 Å². The number of benzene rings is 2. The van der Waals surface area contributed by atoms with Gasteiger partial charge in [0.25, 0.3) is 5.91 Å². The van der Waals surface area contributed by atoms with Gasteiger partial charge < -0.3 is 26.2 Å². The molecular formula is C35H43N2O10P. The highest BCUT2D eigenvalue weighted by Crippen LogP contribution is 2.54. The van der Waals surface area contributed by atoms with Crippen molar-refractivity contribution in [1.82, 2.24) is 4.67 Å². The Labute approximate surface area is 279 Å². The third-order valence-electron chi connectivity index (χ3n) is 9.50. The number of amides is 1. The van der Waals surface area contributed by atoms with Crippen molar-refractivity contribution in [2.45, 2.75) is 71.4 Å². The van der Waals surface area contributed by atoms with Crippen molar-refractivity contribution in [3.05, 3.63) is 75.8 Å². The first-order valence-corrected chi connectivity index (χ1v) is 17.9. The Balaban J connectivity index is 1.54. The maximum Gasteiger partial charge on any atom is 0.408 e. The van der Waals surface area contributed by atoms with Crippen LogP contribution in [0.15, 0.2) is 59.1 Å². The van der Waals surface area contributed by atoms with E-state index in [1.54, 1.807) is 24.6 Å². The predicted molar refractivity (Wildman–Crippen MR) is 177 cm³/mol. The summed E-state index contributed by atoms with van der Waals surface area (Å²) in [5, 5.41) is 44.2. The first kappa shape index (κ1) is 35.5. The number of fused-ring (bicyclic) bond motifs is 3. The SMILES string of the molecule is CCCCCN(Cc1cccc(-c2ccc(O)c3c2CC2C[C@H]4CC(O)=C(C(N)=O)C(=O)[C@@]4(O)C(O)=C2C3=O)c1)P(=O)(OCC)OCC. The predicted octanol–water partition coefficient (Wildman–Crippen LogP) is 5.42. The minimum atomic E-state index is -3.58. The molecule has 13 heteroatoms. The molecule has 0 saturated heterocycles. The van der Waals surface area contributed by atoms with Crippen LogP contribution in [0, 0.1) is 11.8 Å². The second kappa shape index (κ2) is 14.0. The number of rotatable bonds is 13. The van der Waals surface area contributed by atoms with E-state index in [1.165, 1.54) is 6.07 Å². The van der Waals surface area contributed by atoms with E-state index in [0.29, 0.717) is 17.7 Å². The van der Waals surface area contributed by atoms with Gasteiger partial charge >= 0.3 is 7.75 Å². The number of carbonyl (C=O) groups excluding carboxylic acids is 3. The van der Waals surface area contributed by atoms with Crippen molar-refractivity contribution in [3.63, 3.8) is 0 Å². The molecule has 258 valence electrons. The van der Waals surface area contributed by atoms with Crippen LogP contribution in [0.4, 0.5) is 0 Å². The molecule has 0 radical (unpaired) electrons. The number of phenols is 1. The minimum Gasteiger partial charge on any atom is -0.511 e. The molecule has 0 bridgehead atoms. The average molecular weight is 683 g/mol. The molecule has 0 aliphatic heterocycles. The number of unbranched alkanes of at least 4 members (excludes halogenated alkanes) is 2. The summed E-state index contributed by atoms with van der Waals surface area (Å²) in [6, 6.07) is 10.6. The summed E-state index contributed by atoms with van der Waals surface area (Å²) >= 11 is 0. The first-order valence-electron chi connectivity index (χ1n) is 16.4. The fourth-order valence-electron chi connectivity index (χ4n) is 7.30. The molecule has 48 heavy (non-hydrogen) atoms. The molecule has 2 aromatic carbocycles. The van der Waals surface area contributed by atoms with Gasteiger partial charge in [-0.25, -0.2) is 9.24 Å². The summed E-state index contributed by atoms with van der Waals surface area (Å²) in [6.07, 6.45) is 2.65. The van der Waals surface area contributed by atoms with Crippen LogP contribution < -0.4 is 5.73 Å². The number of nitrogens with two attached hydrogens (primary N) is 1. The van der Waals surface area contributed by atoms with Crippen LogP contribution >= 0.6 is 7.75 Å². The second-order valence-electron chi connectivity index (χ2n) is 12.5. The molecule has 3 atom stereocenters. The molecular weight excluding hydrogens is 639 g/mol. The van der Waals surface area contributed by atoms with E-state index in [4.69, 9.17) is 14.8 Å². The van der Waals surface area contributed by atoms with Gasteiger partial charge in [0.15, 0.2) is 11.4 Å². The summed E-state index contributed by atoms with van der Waals surface area (Å²) in [6.45, 7) is 6.83. The molecule has 6 N–H and O–H groups in total. The Morgan fingerprint density at radius 3 is 2.40 bits per heavy atom. The van der Waals surface area contributed by atoms with Gasteiger partial charge in [0.05, 0.1) is 18.8 Å². The lowest BCUT2D eigenvalue weighted by atomic mass is 9.60. The number of hydrogen-bond acceptors (Lipinski definition) is 10. The van der Waals surface area contributed by atoms with Gasteiger partial charge in [0.1, 0.15) is 22.8 Å². The van der Waals surface area contributed by atoms with Crippen LogP contribution in [0.25, 0.3) is 11.1 Å². The Morgan fingerprint density at radius 2 is 1.75 bits per heavy atom. The number of ketones is 2. The van der Waals surface area contributed by atoms with Crippen LogP contribution in [0.3, 0.4) is 0 Å². The van der Waals surface area contributed by atoms with Crippen LogP contribution in [0.5, 0.6) is 5.75 Å². The van der Waals surface area contributed by atoms with Crippen LogP contribution in [-0.2, 0) is 36.2 Å². The van der Waals surface area contributed by atoms with E-state index in [9.17, 15) is 39.4 Å². The zero-order valence-electron chi connectivity index (χ0n) is 27.4. The summed E-state index contributed by atoms with van der Waals surface area (Å²) in [5.74, 6) is -6.73. The molecule has 3 aliphatic carbocycles. The van der Waals surface area contributed by atoms with Crippen molar-refractivity contribution in [2.75, 3.05) is 19.8 Å². The van der Waals surface area contributed by atoms with Gasteiger partial charge in [-0.1, -0.05) is 44.0 Å². The number of primary amides is 1. The molecule has 12 nitrogen and oxygen atoms in total. The number of aliphatic hydroxyl groups is 3. The number of allylic oxidation sites excluding steroid dienone is 2. The number of hydrogen-bond donors (Lipinski definition) is 5. The Bertz CT molecular complexity index is 1740. The zero-order valence-corrected chi connectivity index (χ0v) is 28.3. The number of aromatic hydroxyl groups is 1. The highest BCUT2D eigenvalue weighted by atomic mass is 31.2. The Hall–Kier alpha value is -3.80. The van der Waals surface area contributed by atoms with E-state index in [-0.39, 0.29) is 55.9 Å². The molecule has 0 saturated carbocycles. The third-order valence-corrected chi connectivity index (χ3v) is 11.7. The van der Waals surface area contributed by atoms with E-state index in [0.717, 1.165) is 30.4 Å². The topological polar surface area (TPSA) is 197 Å². The fraction of sp³-hybridized carbons (Fsp3) is 0.457. The van der Waals surface area contributed by atoms with E-state index in [1.807, 2.05) is 24.3 Å². The van der Waals surface area contributed by atoms with Crippen LogP contribution in [0.2, 0.25) is 0 Å². The standard InChI is InChI=1S/C35H43N2O10P/c1-4-7-8-14-37(48(45,46-5-2)47-6-3)19-20-10-9-11-21(15-20)24-12-13-26(38)29-25(24)17-22-16-23-18-27(39)30(34(36)43)33(42)35(23,44)32(41)28(22)31(29)40/h9-13,15,22-23,38-39,41,44H,4-8,14,16-19H2,1-3H3,(H2,36,43)/t22?,23-,35-/m0/s1. The smallest absolute Gasteiger partial charge is 0.408 e. The highest BCUT2D eigenvalue weighted by molar-refractivity contribution is 7.51. The monoisotopic (exact) mass is 682 g/mol. The molecule has 1 unspecified atom stereocenters. The zero-order chi connectivity index (χ0) is 35.0. The minimum absolute atomic E-state index is 0.0366. The van der Waals surface area contributed by atoms with Gasteiger partial charge in [0, 0.05) is 31.0 Å². The lowest BCUT2D eigenvalue weighted by Crippen LogP contribution is -2.57. The molecule has 0 aromatic heterocycles. The van der Waals surface area contributed by atoms with Crippen LogP contribution in [0.1, 0.15) is 74.4 Å². The highest BCUT2D eigenvalue weighted by Gasteiger charge is 2.59. The summed E-state index contributed by atoms with van der Waals surface area (Å²) in [7, 11) is -3.58. The van der Waals surface area contributed by atoms with Crippen LogP contribution in [-0.4, -0.2) is 67.9 Å². The van der Waals surface area contributed by atoms with Gasteiger partial charge in [-0.2, -0.15) is 0 Å². The quantitative estimate of drug-likeness (QED) is 0.103. The molecule has 3 aliphatic rings. The number of aliphatic hydroxyl groups excluding tert-OH is 2. The third kappa shape index (κ3) is 6.12. The number of nitrogens with zero attached hydrogens (tertiary/aromatic N) is 1. The summed E-state index contributed by atoms with van der Waals surface area (Å²) in [4.78, 5) is 39.2. The van der Waals surface area contributed by atoms with E-state index >= 15 is 0 Å². The first-order chi connectivity index (χ1) is 22.8. The molecule has 5 rings (SSSR count). The van der Waals surface area contributed by atoms with Gasteiger partial charge in [-0.15, -0.1) is 0 Å². The number of carbonyl (C=O) groups is 3. The normalized spacial score (nSPS) is 22.5. The molecule has 0 fully saturated rings. The lowest BCUT2D eigenvalue weighted by molar-refractivity contribution is -0.144. The van der Waals surface area contributed by atoms with Crippen molar-refractivity contribution in [1.29, 1.82) is 0 Å². The fourth-order valence-corrected chi connectivity index (χ4v) is 9.07. The molecule has 0 spiro atoms. The van der Waals surface area contributed by atoms with E-state index in [2.05, 4.69) is 6.92 Å². The van der Waals surface area contributed by atoms with Crippen molar-refractivity contribution in [3.8, 4) is 16.9 Å². The van der Waals surface area contributed by atoms with Crippen molar-refractivity contribution >= 4 is 25.2 Å². The van der Waals surface area contributed by atoms with E-state index < -0.39 is 59.7 Å². The number of phenolic OH excluding ortho intramolecular Hbond substituents is 1. The average Bonchev–Trinajstić information content (AvgIpc) is 3.02. The largest absolute Gasteiger partial charge is 0.511 e. The van der Waals surface area contributed by atoms with Crippen molar-refractivity contribution < 1.29 is 48.4 Å². The molecule has 0 heterocycles. The van der Waals surface area contributed by atoms with Crippen molar-refractivity contribution in [2.24, 2.45) is 17.6 Å². The molecule has 1 amide bonds. The van der Waals surface area contributed by atoms with Gasteiger partial charge in [-0.3, -0.25) is 23.4 Å². The van der Waals surface area contributed by atoms with Gasteiger partial charge in [-0.05, 0) is 73.4 Å². The maximum atomic E-state index is 14.0. The molecule has 2 aromatic rings. The maximum absolute atomic E-state index is 14.0. The Kier molecular flexibility index (Phi) is 10.3. The summed E-state index contributed by atoms with van der Waals surface area (Å²) < 4.78 is 26.9. The summed E-state index contributed by atoms with van der Waals surface area (Å²) in [5.41, 5.74) is 4.31. The Morgan fingerprint density at radius 1 is 1.04 bits per heavy atom. The lowest BCUT2D eigenvalue weighted by Gasteiger charge is -2.45.